The van der Waals surface area contributed by atoms with Crippen molar-refractivity contribution in [1.29, 1.82) is 0 Å². The number of hydrogen-bond donors (Lipinski definition) is 2. The molecule has 3 aromatic rings. The highest BCUT2D eigenvalue weighted by Crippen LogP contribution is 2.47. The van der Waals surface area contributed by atoms with Crippen LogP contribution in [0.2, 0.25) is 0 Å². The number of carboxylic acids is 1. The quantitative estimate of drug-likeness (QED) is 0.414. The van der Waals surface area contributed by atoms with E-state index in [0.29, 0.717) is 11.7 Å². The van der Waals surface area contributed by atoms with E-state index in [1.807, 2.05) is 12.1 Å². The van der Waals surface area contributed by atoms with Gasteiger partial charge < -0.3 is 15.1 Å². The van der Waals surface area contributed by atoms with Crippen molar-refractivity contribution in [3.05, 3.63) is 95.1 Å². The maximum Gasteiger partial charge on any atom is 0.317 e. The molecule has 5 heteroatoms. The highest BCUT2D eigenvalue weighted by molar-refractivity contribution is 5.69. The molecule has 0 radical (unpaired) electrons. The van der Waals surface area contributed by atoms with Gasteiger partial charge >= 0.3 is 5.97 Å². The minimum absolute atomic E-state index is 0.152. The molecule has 0 amide bonds. The highest BCUT2D eigenvalue weighted by atomic mass is 16.4. The van der Waals surface area contributed by atoms with Gasteiger partial charge in [-0.25, -0.2) is 0 Å². The van der Waals surface area contributed by atoms with Crippen LogP contribution in [0.1, 0.15) is 72.6 Å². The molecule has 1 aliphatic heterocycles. The van der Waals surface area contributed by atoms with Gasteiger partial charge in [-0.05, 0) is 104 Å². The van der Waals surface area contributed by atoms with Crippen LogP contribution in [0.3, 0.4) is 0 Å². The van der Waals surface area contributed by atoms with Crippen LogP contribution in [-0.4, -0.2) is 53.8 Å². The van der Waals surface area contributed by atoms with Crippen LogP contribution in [0, 0.1) is 0 Å². The SMILES string of the molecule is O=C(O)CN1CCCCCN(c2ccc(C3c4ccc(O)cc4CC[C@@H]3c3ccccc3)cc2)CCCC1. The molecule has 1 heterocycles. The predicted octanol–water partition coefficient (Wildman–Crippen LogP) is 6.41. The molecular formula is C33H40N2O3. The Kier molecular flexibility index (Phi) is 8.65. The monoisotopic (exact) mass is 512 g/mol. The number of nitrogens with zero attached hydrogens (tertiary/aromatic N) is 2. The summed E-state index contributed by atoms with van der Waals surface area (Å²) in [7, 11) is 0. The minimum atomic E-state index is -0.728. The fourth-order valence-electron chi connectivity index (χ4n) is 6.45. The Morgan fingerprint density at radius 3 is 2.21 bits per heavy atom. The number of aliphatic carboxylic acids is 1. The number of phenolic OH excluding ortho intramolecular Hbond substituents is 1. The summed E-state index contributed by atoms with van der Waals surface area (Å²) >= 11 is 0. The van der Waals surface area contributed by atoms with E-state index in [1.165, 1.54) is 27.9 Å². The number of rotatable bonds is 5. The summed E-state index contributed by atoms with van der Waals surface area (Å²) < 4.78 is 0. The molecule has 5 rings (SSSR count). The van der Waals surface area contributed by atoms with Crippen LogP contribution < -0.4 is 4.90 Å². The van der Waals surface area contributed by atoms with E-state index in [2.05, 4.69) is 70.5 Å². The molecule has 0 saturated carbocycles. The fraction of sp³-hybridized carbons (Fsp3) is 0.424. The van der Waals surface area contributed by atoms with Gasteiger partial charge in [0.15, 0.2) is 0 Å². The van der Waals surface area contributed by atoms with Crippen LogP contribution in [-0.2, 0) is 11.2 Å². The zero-order valence-corrected chi connectivity index (χ0v) is 22.3. The van der Waals surface area contributed by atoms with E-state index in [-0.39, 0.29) is 12.5 Å². The Morgan fingerprint density at radius 1 is 0.789 bits per heavy atom. The fourth-order valence-corrected chi connectivity index (χ4v) is 6.45. The highest BCUT2D eigenvalue weighted by Gasteiger charge is 2.32. The summed E-state index contributed by atoms with van der Waals surface area (Å²) in [6.45, 7) is 3.93. The van der Waals surface area contributed by atoms with Crippen molar-refractivity contribution < 1.29 is 15.0 Å². The average Bonchev–Trinajstić information content (AvgIpc) is 2.98. The molecule has 2 N–H and O–H groups in total. The van der Waals surface area contributed by atoms with Gasteiger partial charge in [0.2, 0.25) is 0 Å². The second-order valence-corrected chi connectivity index (χ2v) is 10.9. The molecule has 38 heavy (non-hydrogen) atoms. The lowest BCUT2D eigenvalue weighted by Gasteiger charge is -2.35. The summed E-state index contributed by atoms with van der Waals surface area (Å²) in [6.07, 6.45) is 7.43. The third-order valence-electron chi connectivity index (χ3n) is 8.35. The zero-order chi connectivity index (χ0) is 26.3. The van der Waals surface area contributed by atoms with Gasteiger partial charge in [0.1, 0.15) is 5.75 Å². The van der Waals surface area contributed by atoms with Gasteiger partial charge in [-0.3, -0.25) is 9.69 Å². The predicted molar refractivity (Wildman–Crippen MR) is 153 cm³/mol. The van der Waals surface area contributed by atoms with Gasteiger partial charge in [0.25, 0.3) is 0 Å². The largest absolute Gasteiger partial charge is 0.508 e. The summed E-state index contributed by atoms with van der Waals surface area (Å²) in [4.78, 5) is 15.8. The standard InChI is InChI=1S/C33H40N2O3/c36-29-16-18-31-27(23-29)13-17-30(25-9-3-1-4-10-25)33(31)26-11-14-28(15-12-26)35-21-6-2-5-19-34(24-32(37)38)20-7-8-22-35/h1,3-4,9-12,14-16,18,23,30,33,36H,2,5-8,13,17,19-22,24H2,(H,37,38)/t30-,33?/m1/s1. The van der Waals surface area contributed by atoms with Crippen molar-refractivity contribution >= 4 is 11.7 Å². The van der Waals surface area contributed by atoms with E-state index in [9.17, 15) is 15.0 Å². The van der Waals surface area contributed by atoms with E-state index >= 15 is 0 Å². The Bertz CT molecular complexity index is 1190. The van der Waals surface area contributed by atoms with Crippen molar-refractivity contribution in [3.8, 4) is 5.75 Å². The van der Waals surface area contributed by atoms with Crippen molar-refractivity contribution in [2.45, 2.75) is 56.8 Å². The third kappa shape index (κ3) is 6.39. The normalized spacial score (nSPS) is 21.3. The maximum atomic E-state index is 11.2. The van der Waals surface area contributed by atoms with Crippen molar-refractivity contribution in [2.75, 3.05) is 37.6 Å². The smallest absolute Gasteiger partial charge is 0.317 e. The number of hydrogen-bond acceptors (Lipinski definition) is 4. The van der Waals surface area contributed by atoms with E-state index in [1.54, 1.807) is 0 Å². The minimum Gasteiger partial charge on any atom is -0.508 e. The molecule has 3 aromatic carbocycles. The lowest BCUT2D eigenvalue weighted by molar-refractivity contribution is -0.138. The molecule has 0 aromatic heterocycles. The summed E-state index contributed by atoms with van der Waals surface area (Å²) in [5, 5.41) is 19.3. The zero-order valence-electron chi connectivity index (χ0n) is 22.3. The van der Waals surface area contributed by atoms with Gasteiger partial charge in [0.05, 0.1) is 6.54 Å². The summed E-state index contributed by atoms with van der Waals surface area (Å²) in [5.74, 6) is 0.291. The number of aryl methyl sites for hydroxylation is 1. The molecule has 2 aliphatic rings. The van der Waals surface area contributed by atoms with Crippen molar-refractivity contribution in [2.24, 2.45) is 0 Å². The molecule has 1 aliphatic carbocycles. The van der Waals surface area contributed by atoms with E-state index < -0.39 is 5.97 Å². The Morgan fingerprint density at radius 2 is 1.47 bits per heavy atom. The Hall–Kier alpha value is -3.31. The first-order chi connectivity index (χ1) is 18.6. The Labute approximate surface area is 226 Å². The van der Waals surface area contributed by atoms with Crippen LogP contribution >= 0.6 is 0 Å². The van der Waals surface area contributed by atoms with Crippen LogP contribution in [0.4, 0.5) is 5.69 Å². The second kappa shape index (κ2) is 12.5. The molecule has 1 unspecified atom stereocenters. The molecule has 0 spiro atoms. The molecular weight excluding hydrogens is 472 g/mol. The van der Waals surface area contributed by atoms with Crippen LogP contribution in [0.25, 0.3) is 0 Å². The first-order valence-electron chi connectivity index (χ1n) is 14.2. The average molecular weight is 513 g/mol. The first kappa shape index (κ1) is 26.3. The number of carbonyl (C=O) groups is 1. The lowest BCUT2D eigenvalue weighted by atomic mass is 9.69. The van der Waals surface area contributed by atoms with Crippen molar-refractivity contribution in [1.82, 2.24) is 4.90 Å². The maximum absolute atomic E-state index is 11.2. The van der Waals surface area contributed by atoms with E-state index in [0.717, 1.165) is 71.1 Å². The van der Waals surface area contributed by atoms with E-state index in [4.69, 9.17) is 0 Å². The molecule has 2 atom stereocenters. The third-order valence-corrected chi connectivity index (χ3v) is 8.35. The van der Waals surface area contributed by atoms with Crippen molar-refractivity contribution in [3.63, 3.8) is 0 Å². The topological polar surface area (TPSA) is 64.0 Å². The molecule has 1 saturated heterocycles. The summed E-state index contributed by atoms with van der Waals surface area (Å²) in [5.41, 5.74) is 6.57. The molecule has 0 bridgehead atoms. The number of carboxylic acid groups (broad SMARTS) is 1. The molecule has 1 fully saturated rings. The number of fused-ring (bicyclic) bond motifs is 1. The van der Waals surface area contributed by atoms with Crippen LogP contribution in [0.15, 0.2) is 72.8 Å². The number of aromatic hydroxyl groups is 1. The number of anilines is 1. The van der Waals surface area contributed by atoms with Gasteiger partial charge in [0, 0.05) is 24.7 Å². The lowest BCUT2D eigenvalue weighted by Crippen LogP contribution is -2.32. The van der Waals surface area contributed by atoms with Gasteiger partial charge in [-0.15, -0.1) is 0 Å². The number of phenols is 1. The van der Waals surface area contributed by atoms with Crippen LogP contribution in [0.5, 0.6) is 5.75 Å². The molecule has 5 nitrogen and oxygen atoms in total. The first-order valence-corrected chi connectivity index (χ1v) is 14.2. The Balaban J connectivity index is 1.35. The number of benzene rings is 3. The summed E-state index contributed by atoms with van der Waals surface area (Å²) in [6, 6.07) is 26.0. The van der Waals surface area contributed by atoms with Gasteiger partial charge in [-0.1, -0.05) is 55.0 Å². The van der Waals surface area contributed by atoms with Gasteiger partial charge in [-0.2, -0.15) is 0 Å². The second-order valence-electron chi connectivity index (χ2n) is 10.9. The molecule has 200 valence electrons.